The third-order valence-corrected chi connectivity index (χ3v) is 6.67. The van der Waals surface area contributed by atoms with Gasteiger partial charge in [-0.3, -0.25) is 0 Å². The van der Waals surface area contributed by atoms with Crippen LogP contribution in [0.15, 0.2) is 78.9 Å². The van der Waals surface area contributed by atoms with E-state index in [1.54, 1.807) is 0 Å². The molecule has 0 bridgehead atoms. The Morgan fingerprint density at radius 3 is 2.25 bits per heavy atom. The van der Waals surface area contributed by atoms with Gasteiger partial charge in [0.1, 0.15) is 5.75 Å². The van der Waals surface area contributed by atoms with E-state index < -0.39 is 0 Å². The van der Waals surface area contributed by atoms with Gasteiger partial charge in [0.05, 0.1) is 0 Å². The molecule has 1 heteroatoms. The minimum absolute atomic E-state index is 0.0438. The molecule has 1 aliphatic rings. The van der Waals surface area contributed by atoms with Crippen LogP contribution in [0.4, 0.5) is 0 Å². The Morgan fingerprint density at radius 2 is 1.43 bits per heavy atom. The number of phenols is 1. The van der Waals surface area contributed by atoms with Crippen molar-refractivity contribution in [3.63, 3.8) is 0 Å². The SMILES string of the molecule is CCC1(CC)c2ccccc2-c2ccc(-c3c(O)ccc4ccccc34)cc21. The van der Waals surface area contributed by atoms with E-state index in [-0.39, 0.29) is 5.41 Å². The van der Waals surface area contributed by atoms with Crippen molar-refractivity contribution in [3.05, 3.63) is 90.0 Å². The summed E-state index contributed by atoms with van der Waals surface area (Å²) in [6.45, 7) is 4.58. The van der Waals surface area contributed by atoms with E-state index in [1.807, 2.05) is 24.3 Å². The van der Waals surface area contributed by atoms with Crippen LogP contribution < -0.4 is 0 Å². The first-order valence-electron chi connectivity index (χ1n) is 10.1. The number of phenolic OH excluding ortho intramolecular Hbond substituents is 1. The van der Waals surface area contributed by atoms with Crippen molar-refractivity contribution in [2.75, 3.05) is 0 Å². The zero-order valence-corrected chi connectivity index (χ0v) is 16.4. The number of hydrogen-bond donors (Lipinski definition) is 1. The Labute approximate surface area is 166 Å². The fourth-order valence-corrected chi connectivity index (χ4v) is 5.19. The Bertz CT molecular complexity index is 1200. The van der Waals surface area contributed by atoms with Crippen LogP contribution in [0.25, 0.3) is 33.0 Å². The smallest absolute Gasteiger partial charge is 0.124 e. The summed E-state index contributed by atoms with van der Waals surface area (Å²) in [4.78, 5) is 0. The maximum absolute atomic E-state index is 10.7. The van der Waals surface area contributed by atoms with Crippen LogP contribution in [0, 0.1) is 0 Å². The normalized spacial score (nSPS) is 14.1. The van der Waals surface area contributed by atoms with Crippen LogP contribution in [0.3, 0.4) is 0 Å². The first-order chi connectivity index (χ1) is 13.7. The van der Waals surface area contributed by atoms with Crippen molar-refractivity contribution in [2.24, 2.45) is 0 Å². The van der Waals surface area contributed by atoms with Crippen molar-refractivity contribution in [1.29, 1.82) is 0 Å². The first kappa shape index (κ1) is 17.1. The van der Waals surface area contributed by atoms with E-state index in [2.05, 4.69) is 68.4 Å². The quantitative estimate of drug-likeness (QED) is 0.404. The molecule has 0 saturated carbocycles. The van der Waals surface area contributed by atoms with E-state index in [1.165, 1.54) is 22.3 Å². The van der Waals surface area contributed by atoms with Gasteiger partial charge >= 0.3 is 0 Å². The third kappa shape index (κ3) is 2.19. The summed E-state index contributed by atoms with van der Waals surface area (Å²) in [5.74, 6) is 0.341. The van der Waals surface area contributed by atoms with Gasteiger partial charge < -0.3 is 5.11 Å². The number of rotatable bonds is 3. The molecular weight excluding hydrogens is 340 g/mol. The van der Waals surface area contributed by atoms with Gasteiger partial charge in [0.25, 0.3) is 0 Å². The predicted octanol–water partition coefficient (Wildman–Crippen LogP) is 7.30. The Kier molecular flexibility index (Phi) is 3.80. The molecule has 0 amide bonds. The predicted molar refractivity (Wildman–Crippen MR) is 118 cm³/mol. The minimum atomic E-state index is 0.0438. The van der Waals surface area contributed by atoms with Gasteiger partial charge in [0.2, 0.25) is 0 Å². The third-order valence-electron chi connectivity index (χ3n) is 6.67. The molecule has 1 aliphatic carbocycles. The van der Waals surface area contributed by atoms with Gasteiger partial charge in [-0.15, -0.1) is 0 Å². The molecule has 0 saturated heterocycles. The lowest BCUT2D eigenvalue weighted by molar-refractivity contribution is 0.478. The molecule has 1 N–H and O–H groups in total. The highest BCUT2D eigenvalue weighted by Gasteiger charge is 2.40. The van der Waals surface area contributed by atoms with Gasteiger partial charge in [0.15, 0.2) is 0 Å². The van der Waals surface area contributed by atoms with Crippen molar-refractivity contribution in [1.82, 2.24) is 0 Å². The number of benzene rings is 4. The van der Waals surface area contributed by atoms with E-state index in [9.17, 15) is 5.11 Å². The Morgan fingerprint density at radius 1 is 0.714 bits per heavy atom. The zero-order chi connectivity index (χ0) is 19.3. The molecule has 28 heavy (non-hydrogen) atoms. The summed E-state index contributed by atoms with van der Waals surface area (Å²) in [6.07, 6.45) is 2.14. The molecule has 138 valence electrons. The average molecular weight is 364 g/mol. The largest absolute Gasteiger partial charge is 0.507 e. The molecule has 0 radical (unpaired) electrons. The van der Waals surface area contributed by atoms with E-state index in [4.69, 9.17) is 0 Å². The first-order valence-corrected chi connectivity index (χ1v) is 10.1. The highest BCUT2D eigenvalue weighted by molar-refractivity contribution is 6.00. The summed E-state index contributed by atoms with van der Waals surface area (Å²) in [7, 11) is 0. The summed E-state index contributed by atoms with van der Waals surface area (Å²) >= 11 is 0. The standard InChI is InChI=1S/C27H24O/c1-3-27(4-2)23-12-8-7-11-21(23)22-15-13-19(17-24(22)27)26-20-10-6-5-9-18(20)14-16-25(26)28/h5-17,28H,3-4H2,1-2H3. The summed E-state index contributed by atoms with van der Waals surface area (Å²) in [6, 6.07) is 27.6. The van der Waals surface area contributed by atoms with Gasteiger partial charge in [0, 0.05) is 11.0 Å². The van der Waals surface area contributed by atoms with Crippen LogP contribution in [-0.2, 0) is 5.41 Å². The molecule has 1 nitrogen and oxygen atoms in total. The summed E-state index contributed by atoms with van der Waals surface area (Å²) in [5.41, 5.74) is 7.59. The van der Waals surface area contributed by atoms with E-state index in [0.29, 0.717) is 5.75 Å². The monoisotopic (exact) mass is 364 g/mol. The molecule has 0 fully saturated rings. The van der Waals surface area contributed by atoms with Crippen molar-refractivity contribution >= 4 is 10.8 Å². The summed E-state index contributed by atoms with van der Waals surface area (Å²) < 4.78 is 0. The lowest BCUT2D eigenvalue weighted by atomic mass is 9.73. The molecule has 0 atom stereocenters. The Balaban J connectivity index is 1.80. The fraction of sp³-hybridized carbons (Fsp3) is 0.185. The lowest BCUT2D eigenvalue weighted by Crippen LogP contribution is -2.23. The molecule has 0 aliphatic heterocycles. The fourth-order valence-electron chi connectivity index (χ4n) is 5.19. The second kappa shape index (κ2) is 6.24. The second-order valence-electron chi connectivity index (χ2n) is 7.78. The van der Waals surface area contributed by atoms with Gasteiger partial charge in [-0.1, -0.05) is 80.6 Å². The average Bonchev–Trinajstić information content (AvgIpc) is 3.03. The minimum Gasteiger partial charge on any atom is -0.507 e. The molecule has 0 aromatic heterocycles. The molecule has 0 unspecified atom stereocenters. The van der Waals surface area contributed by atoms with Crippen molar-refractivity contribution < 1.29 is 5.11 Å². The number of aromatic hydroxyl groups is 1. The highest BCUT2D eigenvalue weighted by atomic mass is 16.3. The molecule has 0 spiro atoms. The lowest BCUT2D eigenvalue weighted by Gasteiger charge is -2.30. The molecule has 4 aromatic carbocycles. The highest BCUT2D eigenvalue weighted by Crippen LogP contribution is 2.53. The molecule has 5 rings (SSSR count). The van der Waals surface area contributed by atoms with Crippen molar-refractivity contribution in [3.8, 4) is 28.0 Å². The number of fused-ring (bicyclic) bond motifs is 4. The maximum Gasteiger partial charge on any atom is 0.124 e. The van der Waals surface area contributed by atoms with Gasteiger partial charge in [-0.2, -0.15) is 0 Å². The van der Waals surface area contributed by atoms with Crippen molar-refractivity contribution in [2.45, 2.75) is 32.1 Å². The van der Waals surface area contributed by atoms with E-state index >= 15 is 0 Å². The van der Waals surface area contributed by atoms with Gasteiger partial charge in [-0.05, 0) is 63.6 Å². The Hall–Kier alpha value is -3.06. The topological polar surface area (TPSA) is 20.2 Å². The zero-order valence-electron chi connectivity index (χ0n) is 16.4. The molecular formula is C27H24O. The van der Waals surface area contributed by atoms with Crippen LogP contribution in [0.2, 0.25) is 0 Å². The molecule has 4 aromatic rings. The summed E-state index contributed by atoms with van der Waals surface area (Å²) in [5, 5.41) is 13.0. The van der Waals surface area contributed by atoms with Crippen LogP contribution in [0.1, 0.15) is 37.8 Å². The van der Waals surface area contributed by atoms with Crippen LogP contribution in [-0.4, -0.2) is 5.11 Å². The maximum atomic E-state index is 10.7. The van der Waals surface area contributed by atoms with Gasteiger partial charge in [-0.25, -0.2) is 0 Å². The molecule has 0 heterocycles. The second-order valence-corrected chi connectivity index (χ2v) is 7.78. The van der Waals surface area contributed by atoms with E-state index in [0.717, 1.165) is 34.7 Å². The number of hydrogen-bond acceptors (Lipinski definition) is 1. The van der Waals surface area contributed by atoms with Crippen LogP contribution >= 0.6 is 0 Å². The van der Waals surface area contributed by atoms with Crippen LogP contribution in [0.5, 0.6) is 5.75 Å².